The molecule has 1 aromatic heterocycles. The van der Waals surface area contributed by atoms with Crippen molar-refractivity contribution in [2.75, 3.05) is 0 Å². The summed E-state index contributed by atoms with van der Waals surface area (Å²) >= 11 is 0. The van der Waals surface area contributed by atoms with E-state index in [0.29, 0.717) is 5.76 Å². The first-order valence-electron chi connectivity index (χ1n) is 3.49. The van der Waals surface area contributed by atoms with Gasteiger partial charge in [-0.2, -0.15) is 5.10 Å². The smallest absolute Gasteiger partial charge is 0.275 e. The zero-order valence-corrected chi connectivity index (χ0v) is 6.95. The molecule has 14 heavy (non-hydrogen) atoms. The minimum absolute atomic E-state index is 0.405. The van der Waals surface area contributed by atoms with Crippen molar-refractivity contribution in [2.24, 2.45) is 15.9 Å². The van der Waals surface area contributed by atoms with Crippen LogP contribution in [0.15, 0.2) is 33.0 Å². The van der Waals surface area contributed by atoms with Crippen LogP contribution >= 0.6 is 0 Å². The summed E-state index contributed by atoms with van der Waals surface area (Å²) in [5, 5.41) is 15.8. The van der Waals surface area contributed by atoms with Crippen molar-refractivity contribution in [3.05, 3.63) is 34.3 Å². The molecule has 0 aliphatic heterocycles. The van der Waals surface area contributed by atoms with Gasteiger partial charge in [0.1, 0.15) is 5.76 Å². The van der Waals surface area contributed by atoms with Crippen LogP contribution in [0, 0.1) is 10.1 Å². The summed E-state index contributed by atoms with van der Waals surface area (Å²) in [6.07, 6.45) is 2.73. The summed E-state index contributed by atoms with van der Waals surface area (Å²) in [5.41, 5.74) is 6.70. The number of nitrogens with zero attached hydrogens (tertiary/aromatic N) is 3. The molecule has 0 saturated heterocycles. The second-order valence-electron chi connectivity index (χ2n) is 2.11. The number of furan rings is 1. The highest BCUT2D eigenvalue weighted by Gasteiger charge is 1.96. The van der Waals surface area contributed by atoms with Crippen molar-refractivity contribution >= 4 is 12.2 Å². The molecule has 8 heteroatoms. The van der Waals surface area contributed by atoms with Gasteiger partial charge in [0, 0.05) is 0 Å². The van der Waals surface area contributed by atoms with Crippen molar-refractivity contribution in [2.45, 2.75) is 0 Å². The van der Waals surface area contributed by atoms with E-state index in [1.807, 2.05) is 0 Å². The Morgan fingerprint density at radius 1 is 1.79 bits per heavy atom. The van der Waals surface area contributed by atoms with Gasteiger partial charge in [0.05, 0.1) is 12.5 Å². The number of hydrazine groups is 1. The van der Waals surface area contributed by atoms with Crippen LogP contribution in [0.25, 0.3) is 0 Å². The van der Waals surface area contributed by atoms with E-state index in [9.17, 15) is 10.1 Å². The maximum Gasteiger partial charge on any atom is 0.275 e. The molecule has 0 unspecified atom stereocenters. The molecule has 0 aliphatic rings. The van der Waals surface area contributed by atoms with E-state index in [2.05, 4.69) is 10.2 Å². The van der Waals surface area contributed by atoms with Gasteiger partial charge in [0.25, 0.3) is 5.96 Å². The molecule has 0 atom stereocenters. The first kappa shape index (κ1) is 9.71. The molecule has 74 valence electrons. The maximum absolute atomic E-state index is 9.86. The van der Waals surface area contributed by atoms with E-state index in [1.54, 1.807) is 17.6 Å². The van der Waals surface area contributed by atoms with Crippen LogP contribution in [-0.4, -0.2) is 17.2 Å². The monoisotopic (exact) mass is 197 g/mol. The molecule has 0 bridgehead atoms. The van der Waals surface area contributed by atoms with Crippen LogP contribution in [0.1, 0.15) is 5.76 Å². The molecule has 1 aromatic rings. The zero-order valence-electron chi connectivity index (χ0n) is 6.95. The fourth-order valence-electron chi connectivity index (χ4n) is 0.629. The quantitative estimate of drug-likeness (QED) is 0.298. The Labute approximate surface area is 78.2 Å². The van der Waals surface area contributed by atoms with Crippen LogP contribution in [0.2, 0.25) is 0 Å². The molecule has 0 aromatic carbocycles. The van der Waals surface area contributed by atoms with E-state index >= 15 is 0 Å². The summed E-state index contributed by atoms with van der Waals surface area (Å²) in [6.45, 7) is 0. The highest BCUT2D eigenvalue weighted by molar-refractivity contribution is 5.79. The summed E-state index contributed by atoms with van der Waals surface area (Å²) in [5.74, 6) is 0.0699. The number of hydrogen-bond donors (Lipinski definition) is 2. The summed E-state index contributed by atoms with van der Waals surface area (Å²) in [7, 11) is 0. The van der Waals surface area contributed by atoms with Crippen molar-refractivity contribution < 1.29 is 9.45 Å². The lowest BCUT2D eigenvalue weighted by Crippen LogP contribution is -2.35. The first-order chi connectivity index (χ1) is 6.68. The van der Waals surface area contributed by atoms with Crippen LogP contribution < -0.4 is 11.2 Å². The topological polar surface area (TPSA) is 119 Å². The number of guanidine groups is 1. The molecular formula is C6H7N5O3. The van der Waals surface area contributed by atoms with Gasteiger partial charge >= 0.3 is 0 Å². The Bertz CT molecular complexity index is 356. The van der Waals surface area contributed by atoms with Crippen LogP contribution in [-0.2, 0) is 0 Å². The predicted molar refractivity (Wildman–Crippen MR) is 48.1 cm³/mol. The standard InChI is InChI=1S/C6H7N5O3/c7-6(10-11(12)13)9-8-4-5-2-1-3-14-5/h1-4H,(H3,7,9,10). The minimum Gasteiger partial charge on any atom is -0.463 e. The van der Waals surface area contributed by atoms with Gasteiger partial charge < -0.3 is 10.2 Å². The molecule has 0 saturated carbocycles. The molecule has 3 N–H and O–H groups in total. The number of hydrogen-bond acceptors (Lipinski definition) is 5. The van der Waals surface area contributed by atoms with Crippen LogP contribution in [0.5, 0.6) is 0 Å². The third kappa shape index (κ3) is 3.34. The van der Waals surface area contributed by atoms with E-state index in [-0.39, 0.29) is 0 Å². The summed E-state index contributed by atoms with van der Waals surface area (Å²) < 4.78 is 4.88. The second kappa shape index (κ2) is 4.60. The van der Waals surface area contributed by atoms with Crippen LogP contribution in [0.4, 0.5) is 0 Å². The third-order valence-electron chi connectivity index (χ3n) is 1.10. The largest absolute Gasteiger partial charge is 0.463 e. The summed E-state index contributed by atoms with van der Waals surface area (Å²) in [6, 6.07) is 3.32. The Hall–Kier alpha value is -2.38. The predicted octanol–water partition coefficient (Wildman–Crippen LogP) is -0.290. The normalized spacial score (nSPS) is 11.9. The molecule has 1 heterocycles. The molecule has 0 spiro atoms. The lowest BCUT2D eigenvalue weighted by Gasteiger charge is -1.90. The van der Waals surface area contributed by atoms with E-state index in [4.69, 9.17) is 10.2 Å². The van der Waals surface area contributed by atoms with Crippen molar-refractivity contribution in [1.82, 2.24) is 5.43 Å². The van der Waals surface area contributed by atoms with E-state index < -0.39 is 11.0 Å². The molecule has 1 rings (SSSR count). The van der Waals surface area contributed by atoms with Crippen molar-refractivity contribution in [1.29, 1.82) is 0 Å². The number of rotatable bonds is 3. The molecular weight excluding hydrogens is 190 g/mol. The zero-order chi connectivity index (χ0) is 10.4. The maximum atomic E-state index is 9.86. The van der Waals surface area contributed by atoms with Crippen LogP contribution in [0.3, 0.4) is 0 Å². The fourth-order valence-corrected chi connectivity index (χ4v) is 0.629. The molecule has 0 amide bonds. The summed E-state index contributed by atoms with van der Waals surface area (Å²) in [4.78, 5) is 9.86. The number of nitrogens with two attached hydrogens (primary N) is 1. The Balaban J connectivity index is 2.49. The molecule has 0 radical (unpaired) electrons. The highest BCUT2D eigenvalue weighted by Crippen LogP contribution is 1.94. The highest BCUT2D eigenvalue weighted by atomic mass is 16.7. The Morgan fingerprint density at radius 3 is 3.14 bits per heavy atom. The lowest BCUT2D eigenvalue weighted by atomic mass is 10.5. The second-order valence-corrected chi connectivity index (χ2v) is 2.11. The third-order valence-corrected chi connectivity index (χ3v) is 1.10. The number of nitrogens with one attached hydrogen (secondary N) is 1. The minimum atomic E-state index is -0.832. The molecule has 8 nitrogen and oxygen atoms in total. The average Bonchev–Trinajstić information content (AvgIpc) is 2.55. The molecule has 0 aliphatic carbocycles. The Morgan fingerprint density at radius 2 is 2.57 bits per heavy atom. The molecule has 0 fully saturated rings. The van der Waals surface area contributed by atoms with E-state index in [1.165, 1.54) is 12.5 Å². The number of nitro groups is 1. The first-order valence-corrected chi connectivity index (χ1v) is 3.49. The van der Waals surface area contributed by atoms with Crippen molar-refractivity contribution in [3.8, 4) is 0 Å². The average molecular weight is 197 g/mol. The van der Waals surface area contributed by atoms with Gasteiger partial charge in [-0.25, -0.2) is 10.1 Å². The van der Waals surface area contributed by atoms with E-state index in [0.717, 1.165) is 0 Å². The van der Waals surface area contributed by atoms with Gasteiger partial charge in [-0.15, -0.1) is 5.10 Å². The van der Waals surface area contributed by atoms with Gasteiger partial charge in [0.15, 0.2) is 5.03 Å². The van der Waals surface area contributed by atoms with Gasteiger partial charge in [-0.3, -0.25) is 0 Å². The van der Waals surface area contributed by atoms with Gasteiger partial charge in [-0.1, -0.05) is 5.43 Å². The SMILES string of the molecule is N/C(=N\N=Cc1ccco1)N[N+](=O)[O-]. The lowest BCUT2D eigenvalue weighted by molar-refractivity contribution is -0.525. The van der Waals surface area contributed by atoms with Gasteiger partial charge in [0.2, 0.25) is 0 Å². The Kier molecular flexibility index (Phi) is 3.19. The van der Waals surface area contributed by atoms with Gasteiger partial charge in [-0.05, 0) is 12.1 Å². The fraction of sp³-hybridized carbons (Fsp3) is 0. The van der Waals surface area contributed by atoms with Crippen molar-refractivity contribution in [3.63, 3.8) is 0 Å².